The molecule has 0 saturated carbocycles. The molecule has 3 amide bonds. The van der Waals surface area contributed by atoms with E-state index < -0.39 is 17.8 Å². The van der Waals surface area contributed by atoms with Crippen LogP contribution in [0, 0.1) is 0 Å². The molecule has 29 heavy (non-hydrogen) atoms. The molecule has 0 fully saturated rings. The number of amides is 3. The summed E-state index contributed by atoms with van der Waals surface area (Å²) in [7, 11) is 0. The van der Waals surface area contributed by atoms with Crippen molar-refractivity contribution in [3.63, 3.8) is 0 Å². The monoisotopic (exact) mass is 386 g/mol. The second-order valence-electron chi connectivity index (χ2n) is 6.38. The number of benzene rings is 3. The molecule has 7 nitrogen and oxygen atoms in total. The fourth-order valence-electron chi connectivity index (χ4n) is 3.12. The average molecular weight is 386 g/mol. The highest BCUT2D eigenvalue weighted by Crippen LogP contribution is 2.29. The fourth-order valence-corrected chi connectivity index (χ4v) is 3.12. The molecular weight excluding hydrogens is 372 g/mol. The smallest absolute Gasteiger partial charge is 0.335 e. The maximum atomic E-state index is 12.8. The number of carboxylic acid groups (broad SMARTS) is 1. The van der Waals surface area contributed by atoms with Crippen LogP contribution in [0.3, 0.4) is 0 Å². The van der Waals surface area contributed by atoms with E-state index >= 15 is 0 Å². The number of anilines is 2. The van der Waals surface area contributed by atoms with Crippen molar-refractivity contribution in [2.75, 3.05) is 10.2 Å². The molecule has 1 aliphatic heterocycles. The van der Waals surface area contributed by atoms with E-state index in [1.807, 2.05) is 6.07 Å². The number of nitrogens with one attached hydrogen (secondary N) is 1. The van der Waals surface area contributed by atoms with Crippen molar-refractivity contribution < 1.29 is 24.3 Å². The Morgan fingerprint density at radius 1 is 0.759 bits per heavy atom. The van der Waals surface area contributed by atoms with Gasteiger partial charge in [0.15, 0.2) is 0 Å². The van der Waals surface area contributed by atoms with E-state index in [2.05, 4.69) is 5.32 Å². The molecule has 0 unspecified atom stereocenters. The Morgan fingerprint density at radius 3 is 2.21 bits per heavy atom. The molecule has 1 aliphatic rings. The highest BCUT2D eigenvalue weighted by Gasteiger charge is 2.37. The third-order valence-electron chi connectivity index (χ3n) is 4.53. The van der Waals surface area contributed by atoms with Crippen LogP contribution < -0.4 is 10.2 Å². The summed E-state index contributed by atoms with van der Waals surface area (Å²) in [5, 5.41) is 11.9. The molecule has 1 heterocycles. The molecule has 0 aliphatic carbocycles. The summed E-state index contributed by atoms with van der Waals surface area (Å²) in [5.41, 5.74) is 1.18. The zero-order valence-electron chi connectivity index (χ0n) is 15.0. The average Bonchev–Trinajstić information content (AvgIpc) is 2.98. The number of carboxylic acids is 1. The van der Waals surface area contributed by atoms with Crippen LogP contribution in [0.25, 0.3) is 0 Å². The van der Waals surface area contributed by atoms with Gasteiger partial charge >= 0.3 is 5.97 Å². The molecule has 0 saturated heterocycles. The SMILES string of the molecule is O=C(O)c1ccc2c(c1)C(=O)N(c1cccc(C(=O)Nc3ccccc3)c1)C2=O. The second kappa shape index (κ2) is 7.05. The topological polar surface area (TPSA) is 104 Å². The molecule has 142 valence electrons. The molecule has 4 rings (SSSR count). The summed E-state index contributed by atoms with van der Waals surface area (Å²) in [6.07, 6.45) is 0. The van der Waals surface area contributed by atoms with Gasteiger partial charge in [-0.25, -0.2) is 9.69 Å². The van der Waals surface area contributed by atoms with E-state index in [0.717, 1.165) is 4.90 Å². The Labute approximate surface area is 165 Å². The van der Waals surface area contributed by atoms with Crippen LogP contribution in [-0.2, 0) is 0 Å². The van der Waals surface area contributed by atoms with Gasteiger partial charge in [-0.15, -0.1) is 0 Å². The van der Waals surface area contributed by atoms with Crippen molar-refractivity contribution in [2.45, 2.75) is 0 Å². The normalized spacial score (nSPS) is 12.6. The maximum absolute atomic E-state index is 12.8. The van der Waals surface area contributed by atoms with Crippen LogP contribution in [0.2, 0.25) is 0 Å². The molecule has 0 radical (unpaired) electrons. The van der Waals surface area contributed by atoms with Gasteiger partial charge in [0.1, 0.15) is 0 Å². The summed E-state index contributed by atoms with van der Waals surface area (Å²) in [5.74, 6) is -2.77. The number of fused-ring (bicyclic) bond motifs is 1. The first-order valence-electron chi connectivity index (χ1n) is 8.68. The third-order valence-corrected chi connectivity index (χ3v) is 4.53. The Kier molecular flexibility index (Phi) is 4.40. The second-order valence-corrected chi connectivity index (χ2v) is 6.38. The van der Waals surface area contributed by atoms with Crippen LogP contribution in [0.4, 0.5) is 11.4 Å². The standard InChI is InChI=1S/C22H14N2O5/c25-19(23-15-6-2-1-3-7-15)13-5-4-8-16(11-13)24-20(26)17-10-9-14(22(28)29)12-18(17)21(24)27/h1-12H,(H,23,25)(H,28,29). The van der Waals surface area contributed by atoms with E-state index in [1.165, 1.54) is 24.3 Å². The van der Waals surface area contributed by atoms with E-state index in [-0.39, 0.29) is 33.8 Å². The van der Waals surface area contributed by atoms with Crippen molar-refractivity contribution in [1.29, 1.82) is 0 Å². The summed E-state index contributed by atoms with van der Waals surface area (Å²) in [6.45, 7) is 0. The van der Waals surface area contributed by atoms with Gasteiger partial charge in [0.25, 0.3) is 17.7 Å². The van der Waals surface area contributed by atoms with E-state index in [0.29, 0.717) is 5.69 Å². The molecule has 0 spiro atoms. The van der Waals surface area contributed by atoms with Crippen LogP contribution in [0.15, 0.2) is 72.8 Å². The zero-order valence-corrected chi connectivity index (χ0v) is 15.0. The molecule has 0 bridgehead atoms. The van der Waals surface area contributed by atoms with Gasteiger partial charge in [-0.1, -0.05) is 24.3 Å². The number of nitrogens with zero attached hydrogens (tertiary/aromatic N) is 1. The molecule has 7 heteroatoms. The first kappa shape index (κ1) is 18.1. The van der Waals surface area contributed by atoms with Gasteiger partial charge in [0.05, 0.1) is 22.4 Å². The highest BCUT2D eigenvalue weighted by molar-refractivity contribution is 6.34. The number of carbonyl (C=O) groups excluding carboxylic acids is 3. The molecule has 0 aromatic heterocycles. The minimum Gasteiger partial charge on any atom is -0.478 e. The number of rotatable bonds is 4. The minimum absolute atomic E-state index is 0.0223. The lowest BCUT2D eigenvalue weighted by Crippen LogP contribution is -2.29. The fraction of sp³-hybridized carbons (Fsp3) is 0. The maximum Gasteiger partial charge on any atom is 0.335 e. The molecular formula is C22H14N2O5. The predicted octanol–water partition coefficient (Wildman–Crippen LogP) is 3.44. The minimum atomic E-state index is -1.19. The number of hydrogen-bond donors (Lipinski definition) is 2. The first-order chi connectivity index (χ1) is 14.0. The number of imide groups is 1. The van der Waals surface area contributed by atoms with Crippen molar-refractivity contribution in [3.8, 4) is 0 Å². The summed E-state index contributed by atoms with van der Waals surface area (Å²) >= 11 is 0. The lowest BCUT2D eigenvalue weighted by Gasteiger charge is -2.15. The first-order valence-corrected chi connectivity index (χ1v) is 8.68. The van der Waals surface area contributed by atoms with E-state index in [4.69, 9.17) is 5.11 Å². The van der Waals surface area contributed by atoms with Gasteiger partial charge in [-0.3, -0.25) is 14.4 Å². The van der Waals surface area contributed by atoms with Crippen LogP contribution in [0.1, 0.15) is 41.4 Å². The lowest BCUT2D eigenvalue weighted by atomic mass is 10.1. The number of carbonyl (C=O) groups is 4. The number of aromatic carboxylic acids is 1. The van der Waals surface area contributed by atoms with Crippen molar-refractivity contribution in [3.05, 3.63) is 95.1 Å². The highest BCUT2D eigenvalue weighted by atomic mass is 16.4. The van der Waals surface area contributed by atoms with Gasteiger partial charge in [-0.2, -0.15) is 0 Å². The Bertz CT molecular complexity index is 1170. The Hall–Kier alpha value is -4.26. The largest absolute Gasteiger partial charge is 0.478 e. The summed E-state index contributed by atoms with van der Waals surface area (Å²) in [4.78, 5) is 50.1. The van der Waals surface area contributed by atoms with Crippen molar-refractivity contribution >= 4 is 35.1 Å². The van der Waals surface area contributed by atoms with Gasteiger partial charge in [0.2, 0.25) is 0 Å². The summed E-state index contributed by atoms with van der Waals surface area (Å²) < 4.78 is 0. The third kappa shape index (κ3) is 3.25. The van der Waals surface area contributed by atoms with Crippen LogP contribution in [0.5, 0.6) is 0 Å². The van der Waals surface area contributed by atoms with Gasteiger partial charge in [0, 0.05) is 11.3 Å². The summed E-state index contributed by atoms with van der Waals surface area (Å²) in [6, 6.07) is 18.8. The van der Waals surface area contributed by atoms with Crippen molar-refractivity contribution in [1.82, 2.24) is 0 Å². The van der Waals surface area contributed by atoms with Gasteiger partial charge in [-0.05, 0) is 48.5 Å². The zero-order chi connectivity index (χ0) is 20.5. The van der Waals surface area contributed by atoms with Crippen LogP contribution >= 0.6 is 0 Å². The van der Waals surface area contributed by atoms with Crippen LogP contribution in [-0.4, -0.2) is 28.8 Å². The molecule has 3 aromatic carbocycles. The Morgan fingerprint density at radius 2 is 1.48 bits per heavy atom. The van der Waals surface area contributed by atoms with Crippen molar-refractivity contribution in [2.24, 2.45) is 0 Å². The molecule has 0 atom stereocenters. The number of hydrogen-bond acceptors (Lipinski definition) is 4. The predicted molar refractivity (Wildman–Crippen MR) is 105 cm³/mol. The number of para-hydroxylation sites is 1. The quantitative estimate of drug-likeness (QED) is 0.669. The Balaban J connectivity index is 1.65. The molecule has 3 aromatic rings. The van der Waals surface area contributed by atoms with Gasteiger partial charge < -0.3 is 10.4 Å². The van der Waals surface area contributed by atoms with E-state index in [9.17, 15) is 19.2 Å². The van der Waals surface area contributed by atoms with E-state index in [1.54, 1.807) is 42.5 Å². The lowest BCUT2D eigenvalue weighted by molar-refractivity contribution is 0.0696. The molecule has 2 N–H and O–H groups in total.